The molecule has 0 fully saturated rings. The Morgan fingerprint density at radius 2 is 1.80 bits per heavy atom. The van der Waals surface area contributed by atoms with Crippen LogP contribution in [0.4, 0.5) is 5.69 Å². The highest BCUT2D eigenvalue weighted by Crippen LogP contribution is 2.42. The molecule has 0 saturated heterocycles. The Morgan fingerprint density at radius 3 is 2.60 bits per heavy atom. The first kappa shape index (κ1) is 19.6. The van der Waals surface area contributed by atoms with E-state index in [1.807, 2.05) is 42.5 Å². The number of sulfonamides is 1. The van der Waals surface area contributed by atoms with E-state index in [0.29, 0.717) is 17.5 Å². The fourth-order valence-electron chi connectivity index (χ4n) is 4.55. The highest BCUT2D eigenvalue weighted by atomic mass is 35.5. The second-order valence-corrected chi connectivity index (χ2v) is 10.2. The molecule has 0 amide bonds. The maximum atomic E-state index is 13.1. The molecule has 0 spiro atoms. The third kappa shape index (κ3) is 3.41. The lowest BCUT2D eigenvalue weighted by atomic mass is 9.93. The van der Waals surface area contributed by atoms with E-state index < -0.39 is 10.0 Å². The Bertz CT molecular complexity index is 1230. The van der Waals surface area contributed by atoms with Crippen LogP contribution in [-0.4, -0.2) is 27.5 Å². The third-order valence-electron chi connectivity index (χ3n) is 6.03. The Balaban J connectivity index is 1.27. The summed E-state index contributed by atoms with van der Waals surface area (Å²) in [5.74, 6) is 0. The second-order valence-electron chi connectivity index (χ2n) is 7.90. The molecule has 30 heavy (non-hydrogen) atoms. The Morgan fingerprint density at radius 1 is 1.03 bits per heavy atom. The lowest BCUT2D eigenvalue weighted by molar-refractivity contribution is 0.487. The van der Waals surface area contributed by atoms with Crippen LogP contribution >= 0.6 is 11.6 Å². The zero-order valence-corrected chi connectivity index (χ0v) is 18.1. The monoisotopic (exact) mass is 438 g/mol. The van der Waals surface area contributed by atoms with Crippen molar-refractivity contribution in [3.63, 3.8) is 0 Å². The fraction of sp³-hybridized carbons (Fsp3) is 0.250. The van der Waals surface area contributed by atoms with E-state index >= 15 is 0 Å². The van der Waals surface area contributed by atoms with Crippen molar-refractivity contribution in [3.05, 3.63) is 77.3 Å². The normalized spacial score (nSPS) is 19.8. The number of nitrogens with one attached hydrogen (secondary N) is 1. The van der Waals surface area contributed by atoms with Gasteiger partial charge in [-0.25, -0.2) is 8.42 Å². The lowest BCUT2D eigenvalue weighted by Crippen LogP contribution is -2.34. The minimum absolute atomic E-state index is 0.337. The van der Waals surface area contributed by atoms with E-state index in [0.717, 1.165) is 47.3 Å². The van der Waals surface area contributed by atoms with Crippen molar-refractivity contribution in [3.8, 4) is 0 Å². The van der Waals surface area contributed by atoms with E-state index in [2.05, 4.69) is 23.5 Å². The largest absolute Gasteiger partial charge is 0.310 e. The predicted molar refractivity (Wildman–Crippen MR) is 124 cm³/mol. The van der Waals surface area contributed by atoms with Gasteiger partial charge in [0, 0.05) is 29.5 Å². The average molecular weight is 439 g/mol. The van der Waals surface area contributed by atoms with Crippen LogP contribution in [0.2, 0.25) is 5.02 Å². The number of nitrogens with zero attached hydrogens (tertiary/aromatic N) is 1. The van der Waals surface area contributed by atoms with E-state index in [1.54, 1.807) is 10.4 Å². The molecular formula is C24H23ClN2O2S. The van der Waals surface area contributed by atoms with Crippen molar-refractivity contribution in [2.75, 3.05) is 17.4 Å². The number of anilines is 1. The molecule has 3 aromatic rings. The van der Waals surface area contributed by atoms with Crippen LogP contribution < -0.4 is 9.62 Å². The summed E-state index contributed by atoms with van der Waals surface area (Å²) in [6.07, 6.45) is 4.88. The quantitative estimate of drug-likeness (QED) is 0.593. The first-order valence-electron chi connectivity index (χ1n) is 10.3. The minimum Gasteiger partial charge on any atom is -0.310 e. The van der Waals surface area contributed by atoms with Gasteiger partial charge in [-0.3, -0.25) is 4.31 Å². The number of hydrogen-bond donors (Lipinski definition) is 1. The van der Waals surface area contributed by atoms with Gasteiger partial charge in [0.25, 0.3) is 10.0 Å². The molecule has 1 N–H and O–H groups in total. The van der Waals surface area contributed by atoms with Crippen molar-refractivity contribution < 1.29 is 8.42 Å². The number of halogens is 1. The summed E-state index contributed by atoms with van der Waals surface area (Å²) in [5, 5.41) is 6.11. The summed E-state index contributed by atoms with van der Waals surface area (Å²) in [4.78, 5) is 0.430. The van der Waals surface area contributed by atoms with Crippen molar-refractivity contribution in [1.82, 2.24) is 5.32 Å². The summed E-state index contributed by atoms with van der Waals surface area (Å²) in [6, 6.07) is 19.6. The molecule has 3 aromatic carbocycles. The molecule has 0 radical (unpaired) electrons. The van der Waals surface area contributed by atoms with Gasteiger partial charge >= 0.3 is 0 Å². The average Bonchev–Trinajstić information content (AvgIpc) is 2.98. The van der Waals surface area contributed by atoms with Gasteiger partial charge in [-0.15, -0.1) is 0 Å². The molecule has 0 aromatic heterocycles. The van der Waals surface area contributed by atoms with Crippen molar-refractivity contribution in [1.29, 1.82) is 0 Å². The second kappa shape index (κ2) is 7.73. The summed E-state index contributed by atoms with van der Waals surface area (Å²) < 4.78 is 27.8. The van der Waals surface area contributed by atoms with E-state index in [4.69, 9.17) is 11.6 Å². The molecule has 5 rings (SSSR count). The molecule has 2 heterocycles. The smallest absolute Gasteiger partial charge is 0.265 e. The molecule has 2 aliphatic heterocycles. The minimum atomic E-state index is -3.47. The van der Waals surface area contributed by atoms with Gasteiger partial charge in [0.15, 0.2) is 0 Å². The Hall–Kier alpha value is -2.34. The summed E-state index contributed by atoms with van der Waals surface area (Å²) in [7, 11) is -3.47. The zero-order valence-electron chi connectivity index (χ0n) is 16.5. The topological polar surface area (TPSA) is 49.4 Å². The van der Waals surface area contributed by atoms with Gasteiger partial charge in [-0.2, -0.15) is 0 Å². The van der Waals surface area contributed by atoms with Crippen LogP contribution in [0.3, 0.4) is 0 Å². The van der Waals surface area contributed by atoms with Crippen LogP contribution in [0.15, 0.2) is 71.6 Å². The Labute approximate surface area is 182 Å². The third-order valence-corrected chi connectivity index (χ3v) is 8.14. The maximum Gasteiger partial charge on any atom is 0.265 e. The van der Waals surface area contributed by atoms with Gasteiger partial charge in [0.05, 0.1) is 10.6 Å². The highest BCUT2D eigenvalue weighted by Gasteiger charge is 2.35. The molecule has 154 valence electrons. The van der Waals surface area contributed by atoms with Gasteiger partial charge in [0.2, 0.25) is 0 Å². The molecule has 0 saturated carbocycles. The molecule has 1 atom stereocenters. The maximum absolute atomic E-state index is 13.1. The summed E-state index contributed by atoms with van der Waals surface area (Å²) >= 11 is 6.01. The van der Waals surface area contributed by atoms with E-state index in [9.17, 15) is 8.42 Å². The van der Waals surface area contributed by atoms with E-state index in [1.165, 1.54) is 11.1 Å². The number of rotatable bonds is 5. The predicted octanol–water partition coefficient (Wildman–Crippen LogP) is 5.23. The number of hydrogen-bond acceptors (Lipinski definition) is 3. The molecule has 1 unspecified atom stereocenters. The first-order chi connectivity index (χ1) is 14.5. The highest BCUT2D eigenvalue weighted by molar-refractivity contribution is 7.93. The van der Waals surface area contributed by atoms with Gasteiger partial charge in [-0.05, 0) is 60.1 Å². The van der Waals surface area contributed by atoms with Gasteiger partial charge in [0.1, 0.15) is 0 Å². The van der Waals surface area contributed by atoms with Gasteiger partial charge < -0.3 is 5.32 Å². The molecule has 4 nitrogen and oxygen atoms in total. The standard InChI is InChI=1S/C24H23ClN2O2S/c25-20-11-9-17(10-12-20)19-13-14-26-21(16-19)6-3-15-27-22-7-1-4-18-5-2-8-23(24(18)22)30(27,28)29/h1-2,4-5,7-13,21,26H,3,6,14-16H2. The molecule has 2 aliphatic rings. The summed E-state index contributed by atoms with van der Waals surface area (Å²) in [6.45, 7) is 1.32. The molecular weight excluding hydrogens is 416 g/mol. The van der Waals surface area contributed by atoms with Crippen LogP contribution in [0.1, 0.15) is 24.8 Å². The zero-order chi connectivity index (χ0) is 20.7. The first-order valence-corrected chi connectivity index (χ1v) is 12.1. The molecule has 0 bridgehead atoms. The van der Waals surface area contributed by atoms with Crippen LogP contribution in [0, 0.1) is 0 Å². The molecule has 6 heteroatoms. The molecule has 0 aliphatic carbocycles. The van der Waals surface area contributed by atoms with Crippen molar-refractivity contribution in [2.45, 2.75) is 30.2 Å². The Kier molecular flexibility index (Phi) is 5.05. The van der Waals surface area contributed by atoms with Crippen LogP contribution in [0.25, 0.3) is 16.3 Å². The van der Waals surface area contributed by atoms with E-state index in [-0.39, 0.29) is 0 Å². The van der Waals surface area contributed by atoms with Gasteiger partial charge in [-0.1, -0.05) is 54.1 Å². The van der Waals surface area contributed by atoms with Crippen molar-refractivity contribution in [2.24, 2.45) is 0 Å². The van der Waals surface area contributed by atoms with Crippen molar-refractivity contribution >= 4 is 43.7 Å². The van der Waals surface area contributed by atoms with Crippen LogP contribution in [-0.2, 0) is 10.0 Å². The SMILES string of the molecule is O=S1(=O)c2cccc3cccc(c23)N1CCCC1CC(c2ccc(Cl)cc2)=CCN1. The lowest BCUT2D eigenvalue weighted by Gasteiger charge is -2.26. The summed E-state index contributed by atoms with van der Waals surface area (Å²) in [5.41, 5.74) is 3.33. The van der Waals surface area contributed by atoms with Crippen LogP contribution in [0.5, 0.6) is 0 Å². The number of benzene rings is 3. The fourth-order valence-corrected chi connectivity index (χ4v) is 6.43.